The first-order valence-corrected chi connectivity index (χ1v) is 7.66. The maximum atomic E-state index is 12.5. The first-order valence-electron chi connectivity index (χ1n) is 6.87. The van der Waals surface area contributed by atoms with Gasteiger partial charge in [-0.1, -0.05) is 34.5 Å². The van der Waals surface area contributed by atoms with Crippen molar-refractivity contribution in [2.75, 3.05) is 6.54 Å². The molecule has 0 aromatic heterocycles. The molecule has 0 aliphatic heterocycles. The zero-order valence-corrected chi connectivity index (χ0v) is 12.9. The summed E-state index contributed by atoms with van der Waals surface area (Å²) in [5.74, 6) is -0.268. The van der Waals surface area contributed by atoms with Gasteiger partial charge >= 0.3 is 0 Å². The van der Waals surface area contributed by atoms with Crippen LogP contribution in [0.15, 0.2) is 28.7 Å². The van der Waals surface area contributed by atoms with E-state index in [2.05, 4.69) is 21.2 Å². The summed E-state index contributed by atoms with van der Waals surface area (Å²) in [6.07, 6.45) is 3.73. The Morgan fingerprint density at radius 1 is 1.35 bits per heavy atom. The van der Waals surface area contributed by atoms with Crippen molar-refractivity contribution in [1.29, 1.82) is 0 Å². The highest BCUT2D eigenvalue weighted by Gasteiger charge is 2.45. The molecular weight excluding hydrogens is 320 g/mol. The van der Waals surface area contributed by atoms with E-state index in [1.165, 1.54) is 0 Å². The van der Waals surface area contributed by atoms with Crippen LogP contribution < -0.4 is 11.1 Å². The Morgan fingerprint density at radius 3 is 2.65 bits per heavy atom. The van der Waals surface area contributed by atoms with Crippen LogP contribution in [0.1, 0.15) is 37.7 Å². The number of amides is 2. The highest BCUT2D eigenvalue weighted by atomic mass is 79.9. The Kier molecular flexibility index (Phi) is 4.81. The molecule has 4 nitrogen and oxygen atoms in total. The largest absolute Gasteiger partial charge is 0.370 e. The van der Waals surface area contributed by atoms with Gasteiger partial charge in [0.2, 0.25) is 11.8 Å². The van der Waals surface area contributed by atoms with Gasteiger partial charge in [0.1, 0.15) is 0 Å². The number of halogens is 1. The van der Waals surface area contributed by atoms with Crippen LogP contribution in [-0.4, -0.2) is 18.4 Å². The molecule has 1 aliphatic carbocycles. The molecule has 0 spiro atoms. The van der Waals surface area contributed by atoms with Gasteiger partial charge in [0, 0.05) is 17.4 Å². The molecule has 0 unspecified atom stereocenters. The molecule has 5 heteroatoms. The van der Waals surface area contributed by atoms with Gasteiger partial charge in [-0.05, 0) is 37.0 Å². The monoisotopic (exact) mass is 338 g/mol. The Labute approximate surface area is 127 Å². The Hall–Kier alpha value is -1.36. The van der Waals surface area contributed by atoms with E-state index in [-0.39, 0.29) is 11.8 Å². The summed E-state index contributed by atoms with van der Waals surface area (Å²) in [5, 5.41) is 2.94. The van der Waals surface area contributed by atoms with Crippen LogP contribution in [0.3, 0.4) is 0 Å². The summed E-state index contributed by atoms with van der Waals surface area (Å²) < 4.78 is 0.989. The molecule has 0 saturated heterocycles. The van der Waals surface area contributed by atoms with Crippen molar-refractivity contribution in [3.05, 3.63) is 34.3 Å². The van der Waals surface area contributed by atoms with Crippen LogP contribution in [0.5, 0.6) is 0 Å². The number of carbonyl (C=O) groups excluding carboxylic acids is 2. The molecule has 1 aliphatic rings. The second-order valence-electron chi connectivity index (χ2n) is 5.27. The maximum absolute atomic E-state index is 12.5. The summed E-state index contributed by atoms with van der Waals surface area (Å²) in [7, 11) is 0. The van der Waals surface area contributed by atoms with Crippen LogP contribution in [0.2, 0.25) is 0 Å². The number of carbonyl (C=O) groups is 2. The fraction of sp³-hybridized carbons (Fsp3) is 0.467. The normalized spacial score (nSPS) is 16.2. The lowest BCUT2D eigenvalue weighted by Crippen LogP contribution is -2.49. The van der Waals surface area contributed by atoms with Gasteiger partial charge in [0.05, 0.1) is 5.41 Å². The molecular formula is C15H19BrN2O2. The molecule has 2 rings (SSSR count). The zero-order chi connectivity index (χ0) is 14.6. The fourth-order valence-electron chi connectivity index (χ4n) is 2.60. The summed E-state index contributed by atoms with van der Waals surface area (Å²) in [4.78, 5) is 23.1. The Bertz CT molecular complexity index is 512. The van der Waals surface area contributed by atoms with Crippen LogP contribution in [0.25, 0.3) is 0 Å². The van der Waals surface area contributed by atoms with Crippen LogP contribution in [0, 0.1) is 0 Å². The van der Waals surface area contributed by atoms with Gasteiger partial charge in [-0.3, -0.25) is 9.59 Å². The summed E-state index contributed by atoms with van der Waals surface area (Å²) in [6.45, 7) is 0.498. The van der Waals surface area contributed by atoms with Crippen molar-refractivity contribution >= 4 is 27.7 Å². The lowest BCUT2D eigenvalue weighted by atomic mass is 9.64. The van der Waals surface area contributed by atoms with Gasteiger partial charge in [-0.15, -0.1) is 0 Å². The number of benzene rings is 1. The topological polar surface area (TPSA) is 72.2 Å². The van der Waals surface area contributed by atoms with E-state index in [1.807, 2.05) is 24.3 Å². The summed E-state index contributed by atoms with van der Waals surface area (Å²) in [6, 6.07) is 7.94. The van der Waals surface area contributed by atoms with Gasteiger partial charge in [0.15, 0.2) is 0 Å². The number of rotatable bonds is 6. The third-order valence-corrected chi connectivity index (χ3v) is 4.40. The molecule has 3 N–H and O–H groups in total. The molecule has 108 valence electrons. The fourth-order valence-corrected chi connectivity index (χ4v) is 3.00. The SMILES string of the molecule is NC(=O)CCCNC(=O)C1(c2cccc(Br)c2)CCC1. The molecule has 0 heterocycles. The lowest BCUT2D eigenvalue weighted by Gasteiger charge is -2.40. The number of nitrogens with two attached hydrogens (primary N) is 1. The molecule has 1 fully saturated rings. The van der Waals surface area contributed by atoms with Crippen LogP contribution in [0.4, 0.5) is 0 Å². The zero-order valence-electron chi connectivity index (χ0n) is 11.3. The van der Waals surface area contributed by atoms with Crippen molar-refractivity contribution in [1.82, 2.24) is 5.32 Å². The molecule has 2 amide bonds. The van der Waals surface area contributed by atoms with E-state index in [0.717, 1.165) is 29.3 Å². The minimum Gasteiger partial charge on any atom is -0.370 e. The van der Waals surface area contributed by atoms with Crippen LogP contribution in [-0.2, 0) is 15.0 Å². The highest BCUT2D eigenvalue weighted by Crippen LogP contribution is 2.44. The lowest BCUT2D eigenvalue weighted by molar-refractivity contribution is -0.130. The first kappa shape index (κ1) is 15.0. The Morgan fingerprint density at radius 2 is 2.10 bits per heavy atom. The number of hydrogen-bond acceptors (Lipinski definition) is 2. The van der Waals surface area contributed by atoms with Crippen molar-refractivity contribution in [2.45, 2.75) is 37.5 Å². The molecule has 1 saturated carbocycles. The molecule has 1 aromatic rings. The average molecular weight is 339 g/mol. The van der Waals surface area contributed by atoms with Gasteiger partial charge in [-0.2, -0.15) is 0 Å². The number of hydrogen-bond donors (Lipinski definition) is 2. The predicted octanol–water partition coefficient (Wildman–Crippen LogP) is 2.25. The van der Waals surface area contributed by atoms with Crippen molar-refractivity contribution in [3.8, 4) is 0 Å². The van der Waals surface area contributed by atoms with Crippen molar-refractivity contribution in [2.24, 2.45) is 5.73 Å². The van der Waals surface area contributed by atoms with E-state index >= 15 is 0 Å². The van der Waals surface area contributed by atoms with Crippen molar-refractivity contribution < 1.29 is 9.59 Å². The van der Waals surface area contributed by atoms with E-state index in [9.17, 15) is 9.59 Å². The molecule has 1 aromatic carbocycles. The van der Waals surface area contributed by atoms with Gasteiger partial charge < -0.3 is 11.1 Å². The smallest absolute Gasteiger partial charge is 0.230 e. The highest BCUT2D eigenvalue weighted by molar-refractivity contribution is 9.10. The third kappa shape index (κ3) is 3.20. The predicted molar refractivity (Wildman–Crippen MR) is 81.1 cm³/mol. The second-order valence-corrected chi connectivity index (χ2v) is 6.19. The maximum Gasteiger partial charge on any atom is 0.230 e. The second kappa shape index (κ2) is 6.39. The van der Waals surface area contributed by atoms with Gasteiger partial charge in [-0.25, -0.2) is 0 Å². The quantitative estimate of drug-likeness (QED) is 0.781. The molecule has 0 atom stereocenters. The first-order chi connectivity index (χ1) is 9.54. The van der Waals surface area contributed by atoms with E-state index < -0.39 is 5.41 Å². The van der Waals surface area contributed by atoms with Crippen molar-refractivity contribution in [3.63, 3.8) is 0 Å². The molecule has 0 bridgehead atoms. The summed E-state index contributed by atoms with van der Waals surface area (Å²) >= 11 is 3.45. The number of primary amides is 1. The Balaban J connectivity index is 2.00. The van der Waals surface area contributed by atoms with E-state index in [0.29, 0.717) is 19.4 Å². The molecule has 20 heavy (non-hydrogen) atoms. The van der Waals surface area contributed by atoms with Crippen LogP contribution >= 0.6 is 15.9 Å². The number of nitrogens with one attached hydrogen (secondary N) is 1. The standard InChI is InChI=1S/C15H19BrN2O2/c16-12-5-1-4-11(10-12)15(7-3-8-15)14(20)18-9-2-6-13(17)19/h1,4-5,10H,2-3,6-9H2,(H2,17,19)(H,18,20). The van der Waals surface area contributed by atoms with Gasteiger partial charge in [0.25, 0.3) is 0 Å². The van der Waals surface area contributed by atoms with E-state index in [1.54, 1.807) is 0 Å². The molecule has 0 radical (unpaired) electrons. The third-order valence-electron chi connectivity index (χ3n) is 3.90. The minimum atomic E-state index is -0.392. The minimum absolute atomic E-state index is 0.0614. The summed E-state index contributed by atoms with van der Waals surface area (Å²) in [5.41, 5.74) is 5.75. The average Bonchev–Trinajstić information content (AvgIpc) is 2.33. The van der Waals surface area contributed by atoms with E-state index in [4.69, 9.17) is 5.73 Å².